The molecular weight excluding hydrogens is 294 g/mol. The maximum atomic E-state index is 12.6. The molecule has 23 heavy (non-hydrogen) atoms. The number of hydrogen-bond donors (Lipinski definition) is 0. The van der Waals surface area contributed by atoms with Gasteiger partial charge in [0.1, 0.15) is 6.54 Å². The van der Waals surface area contributed by atoms with Crippen LogP contribution in [0.4, 0.5) is 0 Å². The van der Waals surface area contributed by atoms with E-state index in [-0.39, 0.29) is 18.4 Å². The summed E-state index contributed by atoms with van der Waals surface area (Å²) in [5.41, 5.74) is 1.54. The SMILES string of the molecule is CC(C)N1CCCn2nc(C(=O)N3CCN(C)C(=O)C3)cc2C1. The van der Waals surface area contributed by atoms with Gasteiger partial charge in [-0.2, -0.15) is 5.10 Å². The third-order valence-electron chi connectivity index (χ3n) is 4.74. The highest BCUT2D eigenvalue weighted by Gasteiger charge is 2.28. The summed E-state index contributed by atoms with van der Waals surface area (Å²) < 4.78 is 1.95. The van der Waals surface area contributed by atoms with Gasteiger partial charge in [0.15, 0.2) is 5.69 Å². The number of amides is 2. The van der Waals surface area contributed by atoms with Gasteiger partial charge in [0.05, 0.1) is 5.69 Å². The maximum Gasteiger partial charge on any atom is 0.274 e. The van der Waals surface area contributed by atoms with Gasteiger partial charge in [0.25, 0.3) is 5.91 Å². The molecule has 3 heterocycles. The van der Waals surface area contributed by atoms with Gasteiger partial charge >= 0.3 is 0 Å². The van der Waals surface area contributed by atoms with E-state index in [0.717, 1.165) is 31.7 Å². The number of likely N-dealkylation sites (N-methyl/N-ethyl adjacent to an activating group) is 1. The van der Waals surface area contributed by atoms with Gasteiger partial charge in [0.2, 0.25) is 5.91 Å². The molecule has 1 fully saturated rings. The van der Waals surface area contributed by atoms with Crippen LogP contribution in [0.15, 0.2) is 6.07 Å². The van der Waals surface area contributed by atoms with E-state index in [2.05, 4.69) is 23.8 Å². The lowest BCUT2D eigenvalue weighted by atomic mass is 10.2. The van der Waals surface area contributed by atoms with Gasteiger partial charge in [-0.05, 0) is 26.3 Å². The Morgan fingerprint density at radius 2 is 1.96 bits per heavy atom. The van der Waals surface area contributed by atoms with Crippen molar-refractivity contribution in [2.75, 3.05) is 33.2 Å². The van der Waals surface area contributed by atoms with Crippen molar-refractivity contribution in [3.8, 4) is 0 Å². The molecule has 0 radical (unpaired) electrons. The van der Waals surface area contributed by atoms with Crippen LogP contribution in [0.3, 0.4) is 0 Å². The number of fused-ring (bicyclic) bond motifs is 1. The summed E-state index contributed by atoms with van der Waals surface area (Å²) in [6.07, 6.45) is 1.04. The molecule has 3 rings (SSSR count). The first-order valence-electron chi connectivity index (χ1n) is 8.29. The first kappa shape index (κ1) is 16.0. The summed E-state index contributed by atoms with van der Waals surface area (Å²) in [6, 6.07) is 2.37. The van der Waals surface area contributed by atoms with Crippen molar-refractivity contribution in [3.05, 3.63) is 17.5 Å². The van der Waals surface area contributed by atoms with Crippen molar-refractivity contribution in [2.45, 2.75) is 39.4 Å². The first-order chi connectivity index (χ1) is 11.0. The normalized spacial score (nSPS) is 19.9. The number of carbonyl (C=O) groups is 2. The molecule has 2 aliphatic heterocycles. The number of aryl methyl sites for hydroxylation is 1. The second-order valence-electron chi connectivity index (χ2n) is 6.70. The van der Waals surface area contributed by atoms with E-state index in [4.69, 9.17) is 0 Å². The van der Waals surface area contributed by atoms with Crippen LogP contribution >= 0.6 is 0 Å². The Balaban J connectivity index is 1.76. The number of rotatable bonds is 2. The third kappa shape index (κ3) is 3.24. The Kier molecular flexibility index (Phi) is 4.39. The Bertz CT molecular complexity index is 610. The van der Waals surface area contributed by atoms with Crippen LogP contribution in [0.2, 0.25) is 0 Å². The first-order valence-corrected chi connectivity index (χ1v) is 8.29. The molecule has 0 aliphatic carbocycles. The zero-order valence-electron chi connectivity index (χ0n) is 14.2. The quantitative estimate of drug-likeness (QED) is 0.792. The molecule has 0 spiro atoms. The largest absolute Gasteiger partial charge is 0.342 e. The molecular formula is C16H25N5O2. The molecule has 0 unspecified atom stereocenters. The van der Waals surface area contributed by atoms with Crippen LogP contribution in [0.25, 0.3) is 0 Å². The van der Waals surface area contributed by atoms with E-state index in [1.54, 1.807) is 16.8 Å². The molecule has 7 nitrogen and oxygen atoms in total. The van der Waals surface area contributed by atoms with E-state index < -0.39 is 0 Å². The second-order valence-corrected chi connectivity index (χ2v) is 6.70. The van der Waals surface area contributed by atoms with Crippen molar-refractivity contribution in [1.29, 1.82) is 0 Å². The molecule has 1 aromatic rings. The predicted octanol–water partition coefficient (Wildman–Crippen LogP) is 0.411. The smallest absolute Gasteiger partial charge is 0.274 e. The summed E-state index contributed by atoms with van der Waals surface area (Å²) in [4.78, 5) is 30.1. The van der Waals surface area contributed by atoms with Gasteiger partial charge < -0.3 is 9.80 Å². The van der Waals surface area contributed by atoms with Crippen LogP contribution in [0.5, 0.6) is 0 Å². The molecule has 0 saturated carbocycles. The van der Waals surface area contributed by atoms with E-state index >= 15 is 0 Å². The molecule has 0 N–H and O–H groups in total. The van der Waals surface area contributed by atoms with Gasteiger partial charge in [-0.3, -0.25) is 19.2 Å². The fourth-order valence-corrected chi connectivity index (χ4v) is 3.13. The van der Waals surface area contributed by atoms with Crippen molar-refractivity contribution in [3.63, 3.8) is 0 Å². The van der Waals surface area contributed by atoms with Crippen LogP contribution in [0, 0.1) is 0 Å². The van der Waals surface area contributed by atoms with Gasteiger partial charge in [-0.15, -0.1) is 0 Å². The zero-order chi connectivity index (χ0) is 16.6. The minimum Gasteiger partial charge on any atom is -0.342 e. The van der Waals surface area contributed by atoms with Gasteiger partial charge in [-0.1, -0.05) is 0 Å². The summed E-state index contributed by atoms with van der Waals surface area (Å²) in [7, 11) is 1.77. The Morgan fingerprint density at radius 1 is 1.17 bits per heavy atom. The van der Waals surface area contributed by atoms with Gasteiger partial charge in [0, 0.05) is 45.8 Å². The minimum atomic E-state index is -0.136. The number of carbonyl (C=O) groups excluding carboxylic acids is 2. The fourth-order valence-electron chi connectivity index (χ4n) is 3.13. The minimum absolute atomic E-state index is 0.0173. The summed E-state index contributed by atoms with van der Waals surface area (Å²) in [6.45, 7) is 8.39. The summed E-state index contributed by atoms with van der Waals surface area (Å²) in [5.74, 6) is -0.153. The van der Waals surface area contributed by atoms with Crippen LogP contribution < -0.4 is 0 Å². The summed E-state index contributed by atoms with van der Waals surface area (Å²) in [5, 5.41) is 4.50. The molecule has 0 bridgehead atoms. The van der Waals surface area contributed by atoms with E-state index in [0.29, 0.717) is 24.8 Å². The lowest BCUT2D eigenvalue weighted by Gasteiger charge is -2.31. The van der Waals surface area contributed by atoms with Crippen LogP contribution in [-0.4, -0.2) is 75.6 Å². The van der Waals surface area contributed by atoms with E-state index in [1.807, 2.05) is 10.7 Å². The predicted molar refractivity (Wildman–Crippen MR) is 85.9 cm³/mol. The zero-order valence-corrected chi connectivity index (χ0v) is 14.2. The number of nitrogens with zero attached hydrogens (tertiary/aromatic N) is 5. The molecule has 126 valence electrons. The standard InChI is InChI=1S/C16H25N5O2/c1-12(2)19-5-4-6-21-13(10-19)9-14(17-21)16(23)20-8-7-18(3)15(22)11-20/h9,12H,4-8,10-11H2,1-3H3. The maximum absolute atomic E-state index is 12.6. The lowest BCUT2D eigenvalue weighted by Crippen LogP contribution is -2.50. The Morgan fingerprint density at radius 3 is 2.65 bits per heavy atom. The second kappa shape index (κ2) is 6.31. The summed E-state index contributed by atoms with van der Waals surface area (Å²) >= 11 is 0. The van der Waals surface area contributed by atoms with Gasteiger partial charge in [-0.25, -0.2) is 0 Å². The van der Waals surface area contributed by atoms with Crippen molar-refractivity contribution >= 4 is 11.8 Å². The Hall–Kier alpha value is -1.89. The fraction of sp³-hybridized carbons (Fsp3) is 0.688. The highest BCUT2D eigenvalue weighted by molar-refractivity contribution is 5.95. The van der Waals surface area contributed by atoms with Crippen LogP contribution in [-0.2, 0) is 17.9 Å². The van der Waals surface area contributed by atoms with Crippen molar-refractivity contribution < 1.29 is 9.59 Å². The average molecular weight is 319 g/mol. The van der Waals surface area contributed by atoms with Crippen molar-refractivity contribution in [1.82, 2.24) is 24.5 Å². The highest BCUT2D eigenvalue weighted by atomic mass is 16.2. The number of piperazine rings is 1. The molecule has 1 aromatic heterocycles. The molecule has 2 amide bonds. The van der Waals surface area contributed by atoms with E-state index in [1.165, 1.54) is 0 Å². The molecule has 7 heteroatoms. The third-order valence-corrected chi connectivity index (χ3v) is 4.74. The van der Waals surface area contributed by atoms with Crippen molar-refractivity contribution in [2.24, 2.45) is 0 Å². The number of hydrogen-bond acceptors (Lipinski definition) is 4. The van der Waals surface area contributed by atoms with Crippen LogP contribution in [0.1, 0.15) is 36.5 Å². The average Bonchev–Trinajstić information content (AvgIpc) is 2.80. The van der Waals surface area contributed by atoms with E-state index in [9.17, 15) is 9.59 Å². The molecule has 0 aromatic carbocycles. The molecule has 2 aliphatic rings. The Labute approximate surface area is 136 Å². The molecule has 1 saturated heterocycles. The topological polar surface area (TPSA) is 61.7 Å². The molecule has 0 atom stereocenters. The monoisotopic (exact) mass is 319 g/mol. The lowest BCUT2D eigenvalue weighted by molar-refractivity contribution is -0.133. The highest BCUT2D eigenvalue weighted by Crippen LogP contribution is 2.17. The number of aromatic nitrogens is 2.